The number of aliphatic carboxylic acids is 1. The minimum atomic E-state index is -0.933. The smallest absolute Gasteiger partial charge is 0.320 e. The van der Waals surface area contributed by atoms with E-state index in [4.69, 9.17) is 16.6 Å². The number of carboxylic acids is 1. The molecule has 1 atom stereocenters. The van der Waals surface area contributed by atoms with Gasteiger partial charge in [-0.1, -0.05) is 13.0 Å². The fraction of sp³-hybridized carbons (Fsp3) is 0.556. The molecule has 0 aromatic rings. The molecule has 0 rings (SSSR count). The van der Waals surface area contributed by atoms with Gasteiger partial charge in [0.05, 0.1) is 0 Å². The fourth-order valence-electron chi connectivity index (χ4n) is 0.632. The molecule has 15 heavy (non-hydrogen) atoms. The van der Waals surface area contributed by atoms with Gasteiger partial charge in [-0.15, -0.1) is 0 Å². The van der Waals surface area contributed by atoms with E-state index < -0.39 is 17.9 Å². The van der Waals surface area contributed by atoms with Crippen LogP contribution in [0.15, 0.2) is 12.7 Å². The zero-order valence-corrected chi connectivity index (χ0v) is 8.69. The molecular weight excluding hydrogens is 198 g/mol. The van der Waals surface area contributed by atoms with Gasteiger partial charge in [-0.05, 0) is 25.5 Å². The molecule has 0 fully saturated rings. The van der Waals surface area contributed by atoms with Crippen molar-refractivity contribution in [3.63, 3.8) is 0 Å². The SMILES string of the molecule is C=CC(N)=O.NCCCC[C@H](N)C(=O)O. The lowest BCUT2D eigenvalue weighted by molar-refractivity contribution is -0.138. The Morgan fingerprint density at radius 1 is 1.40 bits per heavy atom. The van der Waals surface area contributed by atoms with Gasteiger partial charge in [0, 0.05) is 0 Å². The first-order chi connectivity index (χ1) is 6.95. The quantitative estimate of drug-likeness (QED) is 0.341. The van der Waals surface area contributed by atoms with Gasteiger partial charge in [0.15, 0.2) is 0 Å². The maximum Gasteiger partial charge on any atom is 0.320 e. The van der Waals surface area contributed by atoms with Gasteiger partial charge in [0.1, 0.15) is 6.04 Å². The van der Waals surface area contributed by atoms with Crippen LogP contribution in [0.1, 0.15) is 19.3 Å². The molecule has 88 valence electrons. The van der Waals surface area contributed by atoms with Gasteiger partial charge in [-0.25, -0.2) is 0 Å². The predicted molar refractivity (Wildman–Crippen MR) is 57.9 cm³/mol. The summed E-state index contributed by atoms with van der Waals surface area (Å²) in [5, 5.41) is 8.33. The molecule has 0 aromatic carbocycles. The summed E-state index contributed by atoms with van der Waals surface area (Å²) in [5.74, 6) is -1.41. The summed E-state index contributed by atoms with van der Waals surface area (Å²) < 4.78 is 0. The van der Waals surface area contributed by atoms with Crippen molar-refractivity contribution in [2.45, 2.75) is 25.3 Å². The Morgan fingerprint density at radius 2 is 1.87 bits per heavy atom. The summed E-state index contributed by atoms with van der Waals surface area (Å²) in [4.78, 5) is 19.6. The minimum Gasteiger partial charge on any atom is -0.480 e. The van der Waals surface area contributed by atoms with Crippen LogP contribution < -0.4 is 17.2 Å². The summed E-state index contributed by atoms with van der Waals surface area (Å²) in [7, 11) is 0. The first-order valence-corrected chi connectivity index (χ1v) is 4.56. The monoisotopic (exact) mass is 217 g/mol. The Morgan fingerprint density at radius 3 is 2.13 bits per heavy atom. The van der Waals surface area contributed by atoms with E-state index in [1.54, 1.807) is 0 Å². The lowest BCUT2D eigenvalue weighted by Crippen LogP contribution is -2.29. The molecule has 0 saturated carbocycles. The number of carbonyl (C=O) groups excluding carboxylic acids is 1. The third kappa shape index (κ3) is 15.4. The van der Waals surface area contributed by atoms with Crippen LogP contribution in [0.3, 0.4) is 0 Å². The van der Waals surface area contributed by atoms with Crippen molar-refractivity contribution in [1.82, 2.24) is 0 Å². The number of amides is 1. The number of primary amides is 1. The molecule has 0 bridgehead atoms. The summed E-state index contributed by atoms with van der Waals surface area (Å²) in [6, 6.07) is -0.716. The van der Waals surface area contributed by atoms with Crippen molar-refractivity contribution in [3.8, 4) is 0 Å². The zero-order chi connectivity index (χ0) is 12.3. The van der Waals surface area contributed by atoms with Crippen molar-refractivity contribution in [2.24, 2.45) is 17.2 Å². The summed E-state index contributed by atoms with van der Waals surface area (Å²) in [6.07, 6.45) is 3.22. The maximum absolute atomic E-state index is 10.1. The Balaban J connectivity index is 0. The Hall–Kier alpha value is -1.40. The largest absolute Gasteiger partial charge is 0.480 e. The lowest BCUT2D eigenvalue weighted by Gasteiger charge is -2.03. The Bertz CT molecular complexity index is 207. The van der Waals surface area contributed by atoms with E-state index in [2.05, 4.69) is 12.3 Å². The molecule has 1 amide bonds. The molecule has 0 saturated heterocycles. The third-order valence-electron chi connectivity index (χ3n) is 1.49. The number of rotatable bonds is 6. The van der Waals surface area contributed by atoms with Crippen molar-refractivity contribution in [2.75, 3.05) is 6.54 Å². The van der Waals surface area contributed by atoms with E-state index in [-0.39, 0.29) is 0 Å². The number of carboxylic acid groups (broad SMARTS) is 1. The average molecular weight is 217 g/mol. The molecule has 0 heterocycles. The summed E-state index contributed by atoms with van der Waals surface area (Å²) >= 11 is 0. The molecule has 0 aliphatic heterocycles. The van der Waals surface area contributed by atoms with E-state index in [9.17, 15) is 9.59 Å². The van der Waals surface area contributed by atoms with Crippen LogP contribution in [0.2, 0.25) is 0 Å². The Kier molecular flexibility index (Phi) is 11.4. The summed E-state index contributed by atoms with van der Waals surface area (Å²) in [5.41, 5.74) is 15.0. The first-order valence-electron chi connectivity index (χ1n) is 4.56. The predicted octanol–water partition coefficient (Wildman–Crippen LogP) is -0.815. The van der Waals surface area contributed by atoms with E-state index in [0.29, 0.717) is 13.0 Å². The van der Waals surface area contributed by atoms with Gasteiger partial charge in [-0.3, -0.25) is 9.59 Å². The molecular formula is C9H19N3O3. The molecule has 6 heteroatoms. The van der Waals surface area contributed by atoms with Crippen molar-refractivity contribution < 1.29 is 14.7 Å². The van der Waals surface area contributed by atoms with Gasteiger partial charge in [-0.2, -0.15) is 0 Å². The molecule has 7 N–H and O–H groups in total. The standard InChI is InChI=1S/C6H14N2O2.C3H5NO/c7-4-2-1-3-5(8)6(9)10;1-2-3(4)5/h5H,1-4,7-8H2,(H,9,10);2H,1H2,(H2,4,5)/t5-;/m0./s1. The number of unbranched alkanes of at least 4 members (excludes halogenated alkanes) is 1. The summed E-state index contributed by atoms with van der Waals surface area (Å²) in [6.45, 7) is 3.69. The van der Waals surface area contributed by atoms with Crippen LogP contribution in [0, 0.1) is 0 Å². The maximum atomic E-state index is 10.1. The molecule has 0 aliphatic carbocycles. The minimum absolute atomic E-state index is 0.481. The van der Waals surface area contributed by atoms with E-state index in [1.165, 1.54) is 0 Å². The van der Waals surface area contributed by atoms with Gasteiger partial charge in [0.2, 0.25) is 5.91 Å². The van der Waals surface area contributed by atoms with Crippen molar-refractivity contribution >= 4 is 11.9 Å². The number of hydrogen-bond acceptors (Lipinski definition) is 4. The highest BCUT2D eigenvalue weighted by Gasteiger charge is 2.09. The van der Waals surface area contributed by atoms with E-state index >= 15 is 0 Å². The second kappa shape index (κ2) is 10.7. The highest BCUT2D eigenvalue weighted by Crippen LogP contribution is 1.96. The van der Waals surface area contributed by atoms with Crippen LogP contribution in [0.25, 0.3) is 0 Å². The molecule has 0 aromatic heterocycles. The third-order valence-corrected chi connectivity index (χ3v) is 1.49. The highest BCUT2D eigenvalue weighted by molar-refractivity contribution is 5.84. The van der Waals surface area contributed by atoms with Gasteiger partial charge >= 0.3 is 5.97 Å². The van der Waals surface area contributed by atoms with Crippen LogP contribution in [0.5, 0.6) is 0 Å². The van der Waals surface area contributed by atoms with Crippen molar-refractivity contribution in [1.29, 1.82) is 0 Å². The van der Waals surface area contributed by atoms with Crippen LogP contribution in [0.4, 0.5) is 0 Å². The molecule has 6 nitrogen and oxygen atoms in total. The van der Waals surface area contributed by atoms with Crippen LogP contribution >= 0.6 is 0 Å². The molecule has 0 aliphatic rings. The number of carbonyl (C=O) groups is 2. The fourth-order valence-corrected chi connectivity index (χ4v) is 0.632. The second-order valence-electron chi connectivity index (χ2n) is 2.84. The average Bonchev–Trinajstić information content (AvgIpc) is 2.18. The van der Waals surface area contributed by atoms with Crippen molar-refractivity contribution in [3.05, 3.63) is 12.7 Å². The molecule has 0 spiro atoms. The lowest BCUT2D eigenvalue weighted by atomic mass is 10.1. The van der Waals surface area contributed by atoms with Gasteiger partial charge < -0.3 is 22.3 Å². The number of nitrogens with two attached hydrogens (primary N) is 3. The van der Waals surface area contributed by atoms with Crippen LogP contribution in [-0.2, 0) is 9.59 Å². The second-order valence-corrected chi connectivity index (χ2v) is 2.84. The number of hydrogen-bond donors (Lipinski definition) is 4. The normalized spacial score (nSPS) is 10.8. The van der Waals surface area contributed by atoms with Crippen LogP contribution in [-0.4, -0.2) is 29.6 Å². The molecule has 0 radical (unpaired) electrons. The van der Waals surface area contributed by atoms with E-state index in [1.807, 2.05) is 0 Å². The first kappa shape index (κ1) is 16.0. The topological polar surface area (TPSA) is 132 Å². The van der Waals surface area contributed by atoms with E-state index in [0.717, 1.165) is 18.9 Å². The van der Waals surface area contributed by atoms with Gasteiger partial charge in [0.25, 0.3) is 0 Å². The highest BCUT2D eigenvalue weighted by atomic mass is 16.4. The zero-order valence-electron chi connectivity index (χ0n) is 8.69. The Labute approximate surface area is 89.1 Å². The molecule has 0 unspecified atom stereocenters.